The third-order valence-electron chi connectivity index (χ3n) is 2.80. The number of anilines is 2. The minimum Gasteiger partial charge on any atom is -0.492 e. The van der Waals surface area contributed by atoms with Crippen molar-refractivity contribution >= 4 is 44.0 Å². The molecule has 1 N–H and O–H groups in total. The first-order chi connectivity index (χ1) is 9.78. The molecule has 0 saturated heterocycles. The van der Waals surface area contributed by atoms with E-state index in [1.165, 1.54) is 11.3 Å². The number of benzene rings is 2. The van der Waals surface area contributed by atoms with Crippen molar-refractivity contribution in [3.63, 3.8) is 0 Å². The second kappa shape index (κ2) is 5.69. The molecule has 3 rings (SSSR count). The number of thiazole rings is 1. The Kier molecular flexibility index (Phi) is 3.76. The van der Waals surface area contributed by atoms with E-state index < -0.39 is 0 Å². The van der Waals surface area contributed by atoms with Gasteiger partial charge in [0.1, 0.15) is 5.75 Å². The summed E-state index contributed by atoms with van der Waals surface area (Å²) in [6, 6.07) is 13.6. The zero-order valence-electron chi connectivity index (χ0n) is 10.9. The summed E-state index contributed by atoms with van der Waals surface area (Å²) in [5.74, 6) is 0.820. The van der Waals surface area contributed by atoms with Gasteiger partial charge in [0.2, 0.25) is 0 Å². The molecule has 2 aromatic carbocycles. The number of hydrogen-bond donors (Lipinski definition) is 1. The lowest BCUT2D eigenvalue weighted by molar-refractivity contribution is 0.342. The number of para-hydroxylation sites is 2. The normalized spacial score (nSPS) is 10.7. The van der Waals surface area contributed by atoms with Crippen LogP contribution in [0.4, 0.5) is 10.8 Å². The second-order valence-corrected chi connectivity index (χ2v) is 5.57. The Morgan fingerprint density at radius 3 is 2.85 bits per heavy atom. The van der Waals surface area contributed by atoms with Gasteiger partial charge in [-0.2, -0.15) is 0 Å². The standard InChI is InChI=1S/C15H13ClN2OS/c1-2-19-13-9-4-3-7-11(13)17-15-18-12-8-5-6-10(16)14(12)20-15/h3-9H,2H2,1H3,(H,17,18). The van der Waals surface area contributed by atoms with E-state index >= 15 is 0 Å². The van der Waals surface area contributed by atoms with Crippen LogP contribution in [0.1, 0.15) is 6.92 Å². The molecule has 102 valence electrons. The van der Waals surface area contributed by atoms with Gasteiger partial charge in [-0.1, -0.05) is 41.1 Å². The lowest BCUT2D eigenvalue weighted by Gasteiger charge is -2.09. The molecule has 3 aromatic rings. The maximum atomic E-state index is 6.17. The molecular weight excluding hydrogens is 292 g/mol. The number of ether oxygens (including phenoxy) is 1. The lowest BCUT2D eigenvalue weighted by atomic mass is 10.3. The van der Waals surface area contributed by atoms with E-state index in [0.29, 0.717) is 6.61 Å². The highest BCUT2D eigenvalue weighted by Gasteiger charge is 2.09. The summed E-state index contributed by atoms with van der Waals surface area (Å²) in [6.45, 7) is 2.60. The van der Waals surface area contributed by atoms with E-state index in [4.69, 9.17) is 16.3 Å². The van der Waals surface area contributed by atoms with Crippen LogP contribution in [0.25, 0.3) is 10.2 Å². The van der Waals surface area contributed by atoms with Gasteiger partial charge in [0.05, 0.1) is 27.5 Å². The molecule has 0 amide bonds. The van der Waals surface area contributed by atoms with E-state index in [1.54, 1.807) is 0 Å². The molecule has 0 saturated carbocycles. The summed E-state index contributed by atoms with van der Waals surface area (Å²) in [5, 5.41) is 4.83. The highest BCUT2D eigenvalue weighted by molar-refractivity contribution is 7.22. The predicted molar refractivity (Wildman–Crippen MR) is 85.5 cm³/mol. The Morgan fingerprint density at radius 2 is 2.05 bits per heavy atom. The smallest absolute Gasteiger partial charge is 0.188 e. The molecule has 0 radical (unpaired) electrons. The van der Waals surface area contributed by atoms with Crippen molar-refractivity contribution in [3.8, 4) is 5.75 Å². The third-order valence-corrected chi connectivity index (χ3v) is 4.24. The van der Waals surface area contributed by atoms with Crippen LogP contribution >= 0.6 is 22.9 Å². The van der Waals surface area contributed by atoms with Gasteiger partial charge < -0.3 is 10.1 Å². The van der Waals surface area contributed by atoms with E-state index in [2.05, 4.69) is 10.3 Å². The molecular formula is C15H13ClN2OS. The number of fused-ring (bicyclic) bond motifs is 1. The highest BCUT2D eigenvalue weighted by atomic mass is 35.5. The molecule has 20 heavy (non-hydrogen) atoms. The van der Waals surface area contributed by atoms with Gasteiger partial charge in [-0.3, -0.25) is 0 Å². The topological polar surface area (TPSA) is 34.1 Å². The Labute approximate surface area is 126 Å². The van der Waals surface area contributed by atoms with Crippen molar-refractivity contribution < 1.29 is 4.74 Å². The van der Waals surface area contributed by atoms with E-state index in [0.717, 1.165) is 31.8 Å². The quantitative estimate of drug-likeness (QED) is 0.729. The third kappa shape index (κ3) is 2.57. The van der Waals surface area contributed by atoms with Crippen LogP contribution in [0, 0.1) is 0 Å². The van der Waals surface area contributed by atoms with Gasteiger partial charge in [0, 0.05) is 0 Å². The Hall–Kier alpha value is -1.78. The molecule has 1 aromatic heterocycles. The van der Waals surface area contributed by atoms with Crippen LogP contribution in [-0.2, 0) is 0 Å². The second-order valence-electron chi connectivity index (χ2n) is 4.16. The number of aromatic nitrogens is 1. The molecule has 0 fully saturated rings. The Bertz CT molecular complexity index is 742. The molecule has 0 bridgehead atoms. The molecule has 5 heteroatoms. The van der Waals surface area contributed by atoms with Crippen LogP contribution in [0.15, 0.2) is 42.5 Å². The van der Waals surface area contributed by atoms with Gasteiger partial charge in [0.25, 0.3) is 0 Å². The monoisotopic (exact) mass is 304 g/mol. The maximum absolute atomic E-state index is 6.17. The largest absolute Gasteiger partial charge is 0.492 e. The molecule has 0 unspecified atom stereocenters. The van der Waals surface area contributed by atoms with Gasteiger partial charge in [0.15, 0.2) is 5.13 Å². The van der Waals surface area contributed by atoms with Gasteiger partial charge in [-0.25, -0.2) is 4.98 Å². The van der Waals surface area contributed by atoms with Gasteiger partial charge in [-0.05, 0) is 31.2 Å². The first kappa shape index (κ1) is 13.2. The first-order valence-electron chi connectivity index (χ1n) is 6.32. The Balaban J connectivity index is 1.95. The number of rotatable bonds is 4. The SMILES string of the molecule is CCOc1ccccc1Nc1nc2cccc(Cl)c2s1. The highest BCUT2D eigenvalue weighted by Crippen LogP contribution is 2.35. The number of halogens is 1. The molecule has 0 spiro atoms. The molecule has 0 atom stereocenters. The first-order valence-corrected chi connectivity index (χ1v) is 7.51. The van der Waals surface area contributed by atoms with E-state index in [1.807, 2.05) is 49.4 Å². The zero-order valence-corrected chi connectivity index (χ0v) is 12.5. The summed E-state index contributed by atoms with van der Waals surface area (Å²) in [4.78, 5) is 4.54. The summed E-state index contributed by atoms with van der Waals surface area (Å²) >= 11 is 7.71. The van der Waals surface area contributed by atoms with Crippen molar-refractivity contribution in [2.45, 2.75) is 6.92 Å². The molecule has 3 nitrogen and oxygen atoms in total. The van der Waals surface area contributed by atoms with Crippen molar-refractivity contribution in [1.82, 2.24) is 4.98 Å². The summed E-state index contributed by atoms with van der Waals surface area (Å²) in [7, 11) is 0. The summed E-state index contributed by atoms with van der Waals surface area (Å²) in [5.41, 5.74) is 1.81. The number of nitrogens with one attached hydrogen (secondary N) is 1. The summed E-state index contributed by atoms with van der Waals surface area (Å²) < 4.78 is 6.59. The maximum Gasteiger partial charge on any atom is 0.188 e. The fraction of sp³-hybridized carbons (Fsp3) is 0.133. The lowest BCUT2D eigenvalue weighted by Crippen LogP contribution is -1.97. The number of hydrogen-bond acceptors (Lipinski definition) is 4. The van der Waals surface area contributed by atoms with E-state index in [9.17, 15) is 0 Å². The van der Waals surface area contributed by atoms with Gasteiger partial charge in [-0.15, -0.1) is 0 Å². The van der Waals surface area contributed by atoms with Crippen LogP contribution in [0.3, 0.4) is 0 Å². The predicted octanol–water partition coefficient (Wildman–Crippen LogP) is 5.09. The average molecular weight is 305 g/mol. The molecule has 0 aliphatic carbocycles. The van der Waals surface area contributed by atoms with Crippen molar-refractivity contribution in [2.24, 2.45) is 0 Å². The minimum absolute atomic E-state index is 0.629. The van der Waals surface area contributed by atoms with Crippen LogP contribution in [-0.4, -0.2) is 11.6 Å². The zero-order chi connectivity index (χ0) is 13.9. The van der Waals surface area contributed by atoms with Crippen LogP contribution < -0.4 is 10.1 Å². The van der Waals surface area contributed by atoms with Crippen LogP contribution in [0.2, 0.25) is 5.02 Å². The Morgan fingerprint density at radius 1 is 1.20 bits per heavy atom. The minimum atomic E-state index is 0.629. The van der Waals surface area contributed by atoms with Crippen molar-refractivity contribution in [1.29, 1.82) is 0 Å². The van der Waals surface area contributed by atoms with Crippen molar-refractivity contribution in [3.05, 3.63) is 47.5 Å². The van der Waals surface area contributed by atoms with Crippen LogP contribution in [0.5, 0.6) is 5.75 Å². The van der Waals surface area contributed by atoms with E-state index in [-0.39, 0.29) is 0 Å². The fourth-order valence-electron chi connectivity index (χ4n) is 1.94. The number of nitrogens with zero attached hydrogens (tertiary/aromatic N) is 1. The van der Waals surface area contributed by atoms with Gasteiger partial charge >= 0.3 is 0 Å². The average Bonchev–Trinajstić information content (AvgIpc) is 2.85. The molecule has 1 heterocycles. The molecule has 0 aliphatic heterocycles. The summed E-state index contributed by atoms with van der Waals surface area (Å²) in [6.07, 6.45) is 0. The van der Waals surface area contributed by atoms with Crippen molar-refractivity contribution in [2.75, 3.05) is 11.9 Å². The fourth-order valence-corrected chi connectivity index (χ4v) is 3.10. The molecule has 0 aliphatic rings.